The molecule has 0 radical (unpaired) electrons. The number of hydrogen-bond acceptors (Lipinski definition) is 4. The smallest absolute Gasteiger partial charge is 0.351 e. The van der Waals surface area contributed by atoms with E-state index in [-0.39, 0.29) is 42.0 Å². The number of aromatic amines is 1. The summed E-state index contributed by atoms with van der Waals surface area (Å²) < 4.78 is 41.6. The van der Waals surface area contributed by atoms with Gasteiger partial charge in [-0.1, -0.05) is 69.0 Å². The normalized spacial score (nSPS) is 15.5. The van der Waals surface area contributed by atoms with Crippen LogP contribution in [0.25, 0.3) is 22.8 Å². The molecule has 0 aliphatic heterocycles. The fourth-order valence-corrected chi connectivity index (χ4v) is 4.89. The molecule has 3 aromatic rings. The molecule has 0 atom stereocenters. The summed E-state index contributed by atoms with van der Waals surface area (Å²) in [6.45, 7) is 3.98. The third-order valence-corrected chi connectivity index (χ3v) is 7.21. The van der Waals surface area contributed by atoms with Crippen molar-refractivity contribution in [3.05, 3.63) is 69.1 Å². The topological polar surface area (TPSA) is 87.7 Å². The maximum absolute atomic E-state index is 13.9. The van der Waals surface area contributed by atoms with Crippen molar-refractivity contribution in [3.8, 4) is 22.8 Å². The SMILES string of the molecule is CC(C)c1cccc(-c2nc(-c3cc(CNC(=O)C4(C(F)(F)F)CCCCC4)ccc3Cl)[nH]c(=O)n2)c1. The first-order valence-corrected chi connectivity index (χ1v) is 12.6. The van der Waals surface area contributed by atoms with E-state index in [2.05, 4.69) is 34.1 Å². The second kappa shape index (κ2) is 10.7. The van der Waals surface area contributed by atoms with Crippen molar-refractivity contribution in [2.24, 2.45) is 5.41 Å². The van der Waals surface area contributed by atoms with Crippen LogP contribution in [0.15, 0.2) is 47.3 Å². The molecular weight excluding hydrogens is 505 g/mol. The molecule has 0 unspecified atom stereocenters. The summed E-state index contributed by atoms with van der Waals surface area (Å²) in [7, 11) is 0. The first-order valence-electron chi connectivity index (χ1n) is 12.2. The largest absolute Gasteiger partial charge is 0.403 e. The van der Waals surface area contributed by atoms with E-state index in [1.807, 2.05) is 18.2 Å². The van der Waals surface area contributed by atoms with Crippen LogP contribution in [0.4, 0.5) is 13.2 Å². The second-order valence-corrected chi connectivity index (χ2v) is 10.2. The third kappa shape index (κ3) is 5.71. The first-order chi connectivity index (χ1) is 17.5. The van der Waals surface area contributed by atoms with Crippen LogP contribution in [0.1, 0.15) is 63.0 Å². The summed E-state index contributed by atoms with van der Waals surface area (Å²) in [5, 5.41) is 2.76. The number of nitrogens with one attached hydrogen (secondary N) is 2. The minimum atomic E-state index is -4.62. The number of carbonyl (C=O) groups is 1. The standard InChI is InChI=1S/C27H28ClF3N4O2/c1-16(2)18-7-6-8-19(14-18)22-33-23(35-25(37)34-22)20-13-17(9-10-21(20)28)15-32-24(36)26(27(29,30)31)11-4-3-5-12-26/h6-10,13-14,16H,3-5,11-12,15H2,1-2H3,(H,32,36)(H,33,34,35,37). The van der Waals surface area contributed by atoms with Crippen molar-refractivity contribution >= 4 is 17.5 Å². The Morgan fingerprint density at radius 1 is 1.11 bits per heavy atom. The van der Waals surface area contributed by atoms with E-state index < -0.39 is 23.2 Å². The van der Waals surface area contributed by atoms with Crippen molar-refractivity contribution < 1.29 is 18.0 Å². The summed E-state index contributed by atoms with van der Waals surface area (Å²) >= 11 is 6.40. The predicted octanol–water partition coefficient (Wildman–Crippen LogP) is 6.40. The molecule has 1 fully saturated rings. The lowest BCUT2D eigenvalue weighted by atomic mass is 9.72. The summed E-state index contributed by atoms with van der Waals surface area (Å²) in [4.78, 5) is 36.2. The van der Waals surface area contributed by atoms with Gasteiger partial charge in [-0.3, -0.25) is 9.78 Å². The zero-order chi connectivity index (χ0) is 26.8. The van der Waals surface area contributed by atoms with E-state index in [1.54, 1.807) is 24.3 Å². The van der Waals surface area contributed by atoms with Crippen molar-refractivity contribution in [2.75, 3.05) is 0 Å². The van der Waals surface area contributed by atoms with Crippen LogP contribution < -0.4 is 11.0 Å². The third-order valence-electron chi connectivity index (χ3n) is 6.89. The number of hydrogen-bond donors (Lipinski definition) is 2. The van der Waals surface area contributed by atoms with Gasteiger partial charge in [-0.15, -0.1) is 0 Å². The Bertz CT molecular complexity index is 1350. The van der Waals surface area contributed by atoms with Gasteiger partial charge in [-0.05, 0) is 48.1 Å². The zero-order valence-electron chi connectivity index (χ0n) is 20.6. The Hall–Kier alpha value is -3.20. The Balaban J connectivity index is 1.61. The molecule has 37 heavy (non-hydrogen) atoms. The number of benzene rings is 2. The van der Waals surface area contributed by atoms with Gasteiger partial charge >= 0.3 is 11.9 Å². The second-order valence-electron chi connectivity index (χ2n) is 9.74. The van der Waals surface area contributed by atoms with E-state index in [4.69, 9.17) is 11.6 Å². The number of amides is 1. The molecule has 1 aromatic heterocycles. The Labute approximate surface area is 217 Å². The van der Waals surface area contributed by atoms with Gasteiger partial charge in [-0.2, -0.15) is 18.2 Å². The summed E-state index contributed by atoms with van der Waals surface area (Å²) in [6, 6.07) is 12.3. The molecule has 6 nitrogen and oxygen atoms in total. The highest BCUT2D eigenvalue weighted by molar-refractivity contribution is 6.33. The van der Waals surface area contributed by atoms with E-state index >= 15 is 0 Å². The molecule has 1 aliphatic rings. The zero-order valence-corrected chi connectivity index (χ0v) is 21.3. The average molecular weight is 533 g/mol. The van der Waals surface area contributed by atoms with Gasteiger partial charge in [0.2, 0.25) is 5.91 Å². The van der Waals surface area contributed by atoms with E-state index in [1.165, 1.54) is 0 Å². The Morgan fingerprint density at radius 2 is 1.84 bits per heavy atom. The van der Waals surface area contributed by atoms with Crippen LogP contribution in [-0.2, 0) is 11.3 Å². The first kappa shape index (κ1) is 26.9. The van der Waals surface area contributed by atoms with Crippen LogP contribution in [0.2, 0.25) is 5.02 Å². The van der Waals surface area contributed by atoms with Gasteiger partial charge in [-0.25, -0.2) is 9.78 Å². The fourth-order valence-electron chi connectivity index (χ4n) is 4.69. The predicted molar refractivity (Wildman–Crippen MR) is 136 cm³/mol. The molecule has 1 amide bonds. The number of alkyl halides is 3. The van der Waals surface area contributed by atoms with Gasteiger partial charge in [0.15, 0.2) is 5.82 Å². The molecular formula is C27H28ClF3N4O2. The molecule has 2 aromatic carbocycles. The Morgan fingerprint density at radius 3 is 2.51 bits per heavy atom. The summed E-state index contributed by atoms with van der Waals surface area (Å²) in [5.41, 5.74) is -0.357. The van der Waals surface area contributed by atoms with E-state index in [0.717, 1.165) is 5.56 Å². The molecule has 1 heterocycles. The van der Waals surface area contributed by atoms with Gasteiger partial charge < -0.3 is 5.32 Å². The van der Waals surface area contributed by atoms with Crippen LogP contribution >= 0.6 is 11.6 Å². The lowest BCUT2D eigenvalue weighted by Crippen LogP contribution is -2.51. The maximum atomic E-state index is 13.9. The maximum Gasteiger partial charge on any atom is 0.403 e. The highest BCUT2D eigenvalue weighted by Gasteiger charge is 2.59. The number of nitrogens with zero attached hydrogens (tertiary/aromatic N) is 2. The summed E-state index contributed by atoms with van der Waals surface area (Å²) in [5.74, 6) is -0.352. The number of halogens is 4. The highest BCUT2D eigenvalue weighted by Crippen LogP contribution is 2.49. The fraction of sp³-hybridized carbons (Fsp3) is 0.407. The molecule has 4 rings (SSSR count). The van der Waals surface area contributed by atoms with Gasteiger partial charge in [0.25, 0.3) is 0 Å². The lowest BCUT2D eigenvalue weighted by Gasteiger charge is -2.37. The molecule has 0 bridgehead atoms. The Kier molecular flexibility index (Phi) is 7.73. The molecule has 10 heteroatoms. The minimum absolute atomic E-state index is 0.126. The summed E-state index contributed by atoms with van der Waals surface area (Å²) in [6.07, 6.45) is -3.63. The van der Waals surface area contributed by atoms with Gasteiger partial charge in [0, 0.05) is 17.7 Å². The molecule has 1 aliphatic carbocycles. The number of rotatable bonds is 6. The number of aromatic nitrogens is 3. The molecule has 0 saturated heterocycles. The quantitative estimate of drug-likeness (QED) is 0.384. The molecule has 0 spiro atoms. The monoisotopic (exact) mass is 532 g/mol. The average Bonchev–Trinajstić information content (AvgIpc) is 2.87. The van der Waals surface area contributed by atoms with Crippen molar-refractivity contribution in [1.82, 2.24) is 20.3 Å². The van der Waals surface area contributed by atoms with Crippen LogP contribution in [0.5, 0.6) is 0 Å². The van der Waals surface area contributed by atoms with Gasteiger partial charge in [0.1, 0.15) is 11.2 Å². The molecule has 2 N–H and O–H groups in total. The lowest BCUT2D eigenvalue weighted by molar-refractivity contribution is -0.230. The van der Waals surface area contributed by atoms with Gasteiger partial charge in [0.05, 0.1) is 5.02 Å². The number of H-pyrrole nitrogens is 1. The van der Waals surface area contributed by atoms with Crippen molar-refractivity contribution in [2.45, 2.75) is 64.6 Å². The molecule has 1 saturated carbocycles. The van der Waals surface area contributed by atoms with Crippen molar-refractivity contribution in [1.29, 1.82) is 0 Å². The van der Waals surface area contributed by atoms with Crippen LogP contribution in [0.3, 0.4) is 0 Å². The molecule has 196 valence electrons. The van der Waals surface area contributed by atoms with Crippen LogP contribution in [-0.4, -0.2) is 27.0 Å². The van der Waals surface area contributed by atoms with E-state index in [9.17, 15) is 22.8 Å². The minimum Gasteiger partial charge on any atom is -0.351 e. The van der Waals surface area contributed by atoms with Crippen LogP contribution in [0, 0.1) is 5.41 Å². The highest BCUT2D eigenvalue weighted by atomic mass is 35.5. The van der Waals surface area contributed by atoms with E-state index in [0.29, 0.717) is 36.0 Å². The van der Waals surface area contributed by atoms with Crippen molar-refractivity contribution in [3.63, 3.8) is 0 Å². The number of carbonyl (C=O) groups excluding carboxylic acids is 1.